The Bertz CT molecular complexity index is 1020. The number of aromatic nitrogens is 2. The Morgan fingerprint density at radius 3 is 2.77 bits per heavy atom. The summed E-state index contributed by atoms with van der Waals surface area (Å²) in [6.45, 7) is 5.67. The van der Waals surface area contributed by atoms with Gasteiger partial charge in [0.1, 0.15) is 16.2 Å². The SMILES string of the molecule is Cc1sc2ncnc(SCC(=O)Nc3cccc([N+](=O)[O-])c3C)c2c1C. The normalized spacial score (nSPS) is 10.9. The molecule has 1 aromatic carbocycles. The molecule has 0 spiro atoms. The highest BCUT2D eigenvalue weighted by Gasteiger charge is 2.16. The average molecular weight is 388 g/mol. The van der Waals surface area contributed by atoms with Crippen LogP contribution < -0.4 is 5.32 Å². The summed E-state index contributed by atoms with van der Waals surface area (Å²) in [5.74, 6) is -0.0854. The molecule has 0 fully saturated rings. The van der Waals surface area contributed by atoms with Crippen LogP contribution in [0, 0.1) is 30.9 Å². The van der Waals surface area contributed by atoms with Gasteiger partial charge in [-0.2, -0.15) is 0 Å². The van der Waals surface area contributed by atoms with Crippen molar-refractivity contribution in [3.05, 3.63) is 50.6 Å². The maximum absolute atomic E-state index is 12.3. The van der Waals surface area contributed by atoms with Gasteiger partial charge in [0.15, 0.2) is 0 Å². The van der Waals surface area contributed by atoms with Gasteiger partial charge in [0.05, 0.1) is 21.9 Å². The molecule has 0 unspecified atom stereocenters. The highest BCUT2D eigenvalue weighted by Crippen LogP contribution is 2.34. The molecule has 1 amide bonds. The molecule has 0 atom stereocenters. The van der Waals surface area contributed by atoms with Gasteiger partial charge in [-0.15, -0.1) is 11.3 Å². The molecule has 3 rings (SSSR count). The van der Waals surface area contributed by atoms with Crippen LogP contribution in [0.15, 0.2) is 29.6 Å². The van der Waals surface area contributed by atoms with Crippen LogP contribution in [0.25, 0.3) is 10.2 Å². The standard InChI is InChI=1S/C17H16N4O3S2/c1-9-11(3)26-17-15(9)16(18-8-19-17)25-7-14(22)20-12-5-4-6-13(10(12)2)21(23)24/h4-6,8H,7H2,1-3H3,(H,20,22). The van der Waals surface area contributed by atoms with Gasteiger partial charge in [-0.25, -0.2) is 9.97 Å². The fourth-order valence-corrected chi connectivity index (χ4v) is 4.45. The van der Waals surface area contributed by atoms with E-state index in [1.54, 1.807) is 30.4 Å². The fraction of sp³-hybridized carbons (Fsp3) is 0.235. The third-order valence-electron chi connectivity index (χ3n) is 4.05. The Labute approximate surface area is 158 Å². The van der Waals surface area contributed by atoms with Gasteiger partial charge < -0.3 is 5.32 Å². The number of carbonyl (C=O) groups excluding carboxylic acids is 1. The van der Waals surface area contributed by atoms with E-state index in [-0.39, 0.29) is 17.3 Å². The number of nitro benzene ring substituents is 1. The van der Waals surface area contributed by atoms with E-state index in [1.807, 2.05) is 13.8 Å². The number of benzene rings is 1. The first-order chi connectivity index (χ1) is 12.4. The maximum Gasteiger partial charge on any atom is 0.274 e. The van der Waals surface area contributed by atoms with Crippen molar-refractivity contribution < 1.29 is 9.72 Å². The van der Waals surface area contributed by atoms with E-state index in [1.165, 1.54) is 29.0 Å². The quantitative estimate of drug-likeness (QED) is 0.304. The lowest BCUT2D eigenvalue weighted by molar-refractivity contribution is -0.385. The van der Waals surface area contributed by atoms with Crippen LogP contribution in [-0.4, -0.2) is 26.6 Å². The lowest BCUT2D eigenvalue weighted by Crippen LogP contribution is -2.15. The second-order valence-electron chi connectivity index (χ2n) is 5.69. The summed E-state index contributed by atoms with van der Waals surface area (Å²) in [6, 6.07) is 4.62. The first-order valence-electron chi connectivity index (χ1n) is 7.76. The van der Waals surface area contributed by atoms with Gasteiger partial charge in [-0.05, 0) is 32.4 Å². The molecule has 0 aliphatic carbocycles. The topological polar surface area (TPSA) is 98.0 Å². The number of hydrogen-bond acceptors (Lipinski definition) is 7. The summed E-state index contributed by atoms with van der Waals surface area (Å²) in [7, 11) is 0. The number of thioether (sulfide) groups is 1. The summed E-state index contributed by atoms with van der Waals surface area (Å²) in [4.78, 5) is 33.5. The first-order valence-corrected chi connectivity index (χ1v) is 9.56. The Morgan fingerprint density at radius 1 is 1.27 bits per heavy atom. The van der Waals surface area contributed by atoms with Crippen molar-refractivity contribution in [2.24, 2.45) is 0 Å². The zero-order valence-corrected chi connectivity index (χ0v) is 16.0. The molecule has 0 aliphatic heterocycles. The Kier molecular flexibility index (Phi) is 5.19. The Hall–Kier alpha value is -2.52. The van der Waals surface area contributed by atoms with Crippen LogP contribution in [-0.2, 0) is 4.79 Å². The Balaban J connectivity index is 1.75. The van der Waals surface area contributed by atoms with E-state index in [0.717, 1.165) is 20.8 Å². The van der Waals surface area contributed by atoms with Crippen molar-refractivity contribution in [2.45, 2.75) is 25.8 Å². The van der Waals surface area contributed by atoms with Crippen molar-refractivity contribution in [2.75, 3.05) is 11.1 Å². The van der Waals surface area contributed by atoms with Gasteiger partial charge in [-0.1, -0.05) is 17.8 Å². The number of anilines is 1. The number of thiophene rings is 1. The minimum atomic E-state index is -0.459. The van der Waals surface area contributed by atoms with Crippen molar-refractivity contribution in [3.8, 4) is 0 Å². The monoisotopic (exact) mass is 388 g/mol. The highest BCUT2D eigenvalue weighted by molar-refractivity contribution is 8.00. The number of nitrogens with one attached hydrogen (secondary N) is 1. The summed E-state index contributed by atoms with van der Waals surface area (Å²) in [5, 5.41) is 15.5. The molecule has 0 saturated carbocycles. The number of rotatable bonds is 5. The number of nitrogens with zero attached hydrogens (tertiary/aromatic N) is 3. The molecule has 26 heavy (non-hydrogen) atoms. The van der Waals surface area contributed by atoms with E-state index < -0.39 is 4.92 Å². The predicted octanol–water partition coefficient (Wildman–Crippen LogP) is 4.26. The molecule has 1 N–H and O–H groups in total. The summed E-state index contributed by atoms with van der Waals surface area (Å²) in [5.41, 5.74) is 1.99. The van der Waals surface area contributed by atoms with Crippen molar-refractivity contribution in [1.29, 1.82) is 0 Å². The second-order valence-corrected chi connectivity index (χ2v) is 7.85. The first kappa shape index (κ1) is 18.3. The third kappa shape index (κ3) is 3.54. The molecule has 2 aromatic heterocycles. The third-order valence-corrected chi connectivity index (χ3v) is 6.15. The molecule has 0 saturated heterocycles. The molecule has 0 radical (unpaired) electrons. The van der Waals surface area contributed by atoms with E-state index in [9.17, 15) is 14.9 Å². The van der Waals surface area contributed by atoms with Crippen LogP contribution in [0.1, 0.15) is 16.0 Å². The number of fused-ring (bicyclic) bond motifs is 1. The van der Waals surface area contributed by atoms with Crippen molar-refractivity contribution >= 4 is 50.6 Å². The average Bonchev–Trinajstić information content (AvgIpc) is 2.89. The molecular formula is C17H16N4O3S2. The van der Waals surface area contributed by atoms with E-state index in [2.05, 4.69) is 15.3 Å². The molecule has 0 aliphatic rings. The number of nitro groups is 1. The number of aryl methyl sites for hydroxylation is 2. The van der Waals surface area contributed by atoms with E-state index in [0.29, 0.717) is 11.3 Å². The van der Waals surface area contributed by atoms with E-state index >= 15 is 0 Å². The second kappa shape index (κ2) is 7.38. The molecule has 9 heteroatoms. The molecule has 3 aromatic rings. The van der Waals surface area contributed by atoms with E-state index in [4.69, 9.17) is 0 Å². The summed E-state index contributed by atoms with van der Waals surface area (Å²) >= 11 is 2.94. The zero-order chi connectivity index (χ0) is 18.8. The minimum absolute atomic E-state index is 0.0164. The molecule has 0 bridgehead atoms. The lowest BCUT2D eigenvalue weighted by Gasteiger charge is -2.08. The Morgan fingerprint density at radius 2 is 2.04 bits per heavy atom. The van der Waals surface area contributed by atoms with Crippen molar-refractivity contribution in [3.63, 3.8) is 0 Å². The van der Waals surface area contributed by atoms with Gasteiger partial charge in [-0.3, -0.25) is 14.9 Å². The number of hydrogen-bond donors (Lipinski definition) is 1. The summed E-state index contributed by atoms with van der Waals surface area (Å²) in [6.07, 6.45) is 1.50. The van der Waals surface area contributed by atoms with Crippen LogP contribution in [0.3, 0.4) is 0 Å². The summed E-state index contributed by atoms with van der Waals surface area (Å²) < 4.78 is 0. The van der Waals surface area contributed by atoms with Crippen molar-refractivity contribution in [1.82, 2.24) is 9.97 Å². The molecule has 134 valence electrons. The van der Waals surface area contributed by atoms with Gasteiger partial charge in [0.2, 0.25) is 5.91 Å². The van der Waals surface area contributed by atoms with Gasteiger partial charge in [0, 0.05) is 16.3 Å². The van der Waals surface area contributed by atoms with Crippen LogP contribution >= 0.6 is 23.1 Å². The number of carbonyl (C=O) groups is 1. The van der Waals surface area contributed by atoms with Gasteiger partial charge in [0.25, 0.3) is 5.69 Å². The minimum Gasteiger partial charge on any atom is -0.325 e. The lowest BCUT2D eigenvalue weighted by atomic mass is 10.1. The smallest absolute Gasteiger partial charge is 0.274 e. The molecule has 7 nitrogen and oxygen atoms in total. The molecule has 2 heterocycles. The maximum atomic E-state index is 12.3. The number of amides is 1. The van der Waals surface area contributed by atoms with Gasteiger partial charge >= 0.3 is 0 Å². The van der Waals surface area contributed by atoms with Crippen LogP contribution in [0.5, 0.6) is 0 Å². The highest BCUT2D eigenvalue weighted by atomic mass is 32.2. The van der Waals surface area contributed by atoms with Crippen LogP contribution in [0.4, 0.5) is 11.4 Å². The molecular weight excluding hydrogens is 372 g/mol. The predicted molar refractivity (Wildman–Crippen MR) is 104 cm³/mol. The fourth-order valence-electron chi connectivity index (χ4n) is 2.54. The largest absolute Gasteiger partial charge is 0.325 e. The van der Waals surface area contributed by atoms with Crippen LogP contribution in [0.2, 0.25) is 0 Å². The zero-order valence-electron chi connectivity index (χ0n) is 14.4.